The Labute approximate surface area is 140 Å². The molecular weight excluding hydrogens is 337 g/mol. The normalized spacial score (nSPS) is 11.4. The molecule has 0 spiro atoms. The summed E-state index contributed by atoms with van der Waals surface area (Å²) in [6.45, 7) is 0. The molecule has 0 amide bonds. The predicted molar refractivity (Wildman–Crippen MR) is 81.5 cm³/mol. The summed E-state index contributed by atoms with van der Waals surface area (Å²) in [4.78, 5) is 20.1. The van der Waals surface area contributed by atoms with E-state index in [1.165, 1.54) is 43.8 Å². The topological polar surface area (TPSA) is 65.2 Å². The second-order valence-electron chi connectivity index (χ2n) is 5.00. The van der Waals surface area contributed by atoms with E-state index >= 15 is 0 Å². The smallest absolute Gasteiger partial charge is 0.416 e. The van der Waals surface area contributed by atoms with Crippen LogP contribution in [0.5, 0.6) is 0 Å². The lowest BCUT2D eigenvalue weighted by atomic mass is 10.1. The van der Waals surface area contributed by atoms with E-state index in [1.807, 2.05) is 0 Å². The van der Waals surface area contributed by atoms with Gasteiger partial charge >= 0.3 is 12.1 Å². The summed E-state index contributed by atoms with van der Waals surface area (Å²) in [6.07, 6.45) is -1.70. The first kappa shape index (κ1) is 16.7. The highest BCUT2D eigenvalue weighted by Crippen LogP contribution is 2.31. The predicted octanol–water partition coefficient (Wildman–Crippen LogP) is 4.21. The van der Waals surface area contributed by atoms with Crippen LogP contribution in [0.1, 0.15) is 15.9 Å². The number of methoxy groups -OCH3 is 1. The molecule has 3 rings (SSSR count). The van der Waals surface area contributed by atoms with Crippen LogP contribution in [0, 0.1) is 0 Å². The highest BCUT2D eigenvalue weighted by Gasteiger charge is 2.30. The molecule has 25 heavy (non-hydrogen) atoms. The molecule has 2 heterocycles. The van der Waals surface area contributed by atoms with Crippen molar-refractivity contribution in [2.75, 3.05) is 7.11 Å². The van der Waals surface area contributed by atoms with Gasteiger partial charge in [-0.2, -0.15) is 13.2 Å². The molecule has 0 fully saturated rings. The van der Waals surface area contributed by atoms with Crippen LogP contribution < -0.4 is 0 Å². The third-order valence-corrected chi connectivity index (χ3v) is 3.44. The fraction of sp³-hybridized carbons (Fsp3) is 0.118. The highest BCUT2D eigenvalue weighted by atomic mass is 19.4. The molecule has 3 aromatic rings. The number of carbonyl (C=O) groups is 1. The number of halogens is 3. The van der Waals surface area contributed by atoms with Gasteiger partial charge in [0.25, 0.3) is 0 Å². The Balaban J connectivity index is 2.06. The van der Waals surface area contributed by atoms with E-state index < -0.39 is 17.7 Å². The molecule has 0 unspecified atom stereocenters. The van der Waals surface area contributed by atoms with Crippen LogP contribution in [0.15, 0.2) is 53.3 Å². The molecule has 0 radical (unpaired) electrons. The third kappa shape index (κ3) is 3.37. The summed E-state index contributed by atoms with van der Waals surface area (Å²) in [5.41, 5.74) is 0.358. The van der Waals surface area contributed by atoms with Crippen molar-refractivity contribution in [1.29, 1.82) is 0 Å². The molecule has 8 heteroatoms. The van der Waals surface area contributed by atoms with Gasteiger partial charge in [-0.15, -0.1) is 0 Å². The molecule has 0 saturated carbocycles. The van der Waals surface area contributed by atoms with Crippen molar-refractivity contribution in [3.8, 4) is 22.8 Å². The lowest BCUT2D eigenvalue weighted by molar-refractivity contribution is -0.137. The second-order valence-corrected chi connectivity index (χ2v) is 5.00. The molecule has 0 aliphatic heterocycles. The van der Waals surface area contributed by atoms with Gasteiger partial charge in [-0.3, -0.25) is 0 Å². The Morgan fingerprint density at radius 3 is 2.40 bits per heavy atom. The van der Waals surface area contributed by atoms with Gasteiger partial charge in [-0.05, 0) is 24.3 Å². The van der Waals surface area contributed by atoms with E-state index in [9.17, 15) is 18.0 Å². The Hall–Kier alpha value is -3.16. The number of nitrogens with zero attached hydrogens (tertiary/aromatic N) is 2. The Bertz CT molecular complexity index is 889. The minimum atomic E-state index is -4.41. The molecule has 0 saturated heterocycles. The number of oxazole rings is 1. The van der Waals surface area contributed by atoms with E-state index in [2.05, 4.69) is 9.97 Å². The van der Waals surface area contributed by atoms with Crippen LogP contribution in [-0.2, 0) is 10.9 Å². The summed E-state index contributed by atoms with van der Waals surface area (Å²) in [5.74, 6) is -0.520. The zero-order valence-electron chi connectivity index (χ0n) is 12.9. The third-order valence-electron chi connectivity index (χ3n) is 3.44. The summed E-state index contributed by atoms with van der Waals surface area (Å²) < 4.78 is 47.9. The van der Waals surface area contributed by atoms with Gasteiger partial charge in [0.1, 0.15) is 12.0 Å². The zero-order valence-corrected chi connectivity index (χ0v) is 12.9. The number of benzene rings is 1. The first-order valence-electron chi connectivity index (χ1n) is 7.07. The molecule has 1 aromatic carbocycles. The standard InChI is InChI=1S/C17H11F3N2O3/c1-24-16(23)12-6-7-13(22-14(12)15-21-8-9-25-15)10-2-4-11(5-3-10)17(18,19)20/h2-9H,1H3. The molecule has 2 aromatic heterocycles. The van der Waals surface area contributed by atoms with E-state index in [0.717, 1.165) is 12.1 Å². The number of rotatable bonds is 3. The van der Waals surface area contributed by atoms with Crippen LogP contribution in [0.3, 0.4) is 0 Å². The SMILES string of the molecule is COC(=O)c1ccc(-c2ccc(C(F)(F)F)cc2)nc1-c1ncco1. The van der Waals surface area contributed by atoms with Crippen molar-refractivity contribution in [2.45, 2.75) is 6.18 Å². The van der Waals surface area contributed by atoms with Crippen LogP contribution in [0.2, 0.25) is 0 Å². The molecule has 0 aliphatic carbocycles. The summed E-state index contributed by atoms with van der Waals surface area (Å²) in [7, 11) is 1.23. The molecule has 0 aliphatic rings. The lowest BCUT2D eigenvalue weighted by Crippen LogP contribution is -2.06. The second kappa shape index (κ2) is 6.39. The number of ether oxygens (including phenoxy) is 1. The van der Waals surface area contributed by atoms with Crippen molar-refractivity contribution in [1.82, 2.24) is 9.97 Å². The number of carbonyl (C=O) groups excluding carboxylic acids is 1. The van der Waals surface area contributed by atoms with Gasteiger partial charge in [0.15, 0.2) is 0 Å². The molecule has 0 bridgehead atoms. The molecule has 5 nitrogen and oxygen atoms in total. The van der Waals surface area contributed by atoms with Crippen LogP contribution in [-0.4, -0.2) is 23.0 Å². The Kier molecular flexibility index (Phi) is 4.26. The average molecular weight is 348 g/mol. The zero-order chi connectivity index (χ0) is 18.0. The largest absolute Gasteiger partial charge is 0.465 e. The van der Waals surface area contributed by atoms with Crippen LogP contribution in [0.25, 0.3) is 22.8 Å². The van der Waals surface area contributed by atoms with Crippen molar-refractivity contribution < 1.29 is 27.1 Å². The molecule has 0 atom stereocenters. The first-order chi connectivity index (χ1) is 11.9. The van der Waals surface area contributed by atoms with Crippen molar-refractivity contribution in [2.24, 2.45) is 0 Å². The van der Waals surface area contributed by atoms with Gasteiger partial charge in [0.2, 0.25) is 5.89 Å². The number of alkyl halides is 3. The van der Waals surface area contributed by atoms with Crippen LogP contribution in [0.4, 0.5) is 13.2 Å². The van der Waals surface area contributed by atoms with Gasteiger partial charge < -0.3 is 9.15 Å². The summed E-state index contributed by atoms with van der Waals surface area (Å²) >= 11 is 0. The van der Waals surface area contributed by atoms with E-state index in [4.69, 9.17) is 9.15 Å². The van der Waals surface area contributed by atoms with E-state index in [1.54, 1.807) is 0 Å². The fourth-order valence-corrected chi connectivity index (χ4v) is 2.23. The molecule has 128 valence electrons. The van der Waals surface area contributed by atoms with Crippen molar-refractivity contribution in [3.63, 3.8) is 0 Å². The van der Waals surface area contributed by atoms with Crippen molar-refractivity contribution >= 4 is 5.97 Å². The quantitative estimate of drug-likeness (QED) is 0.664. The van der Waals surface area contributed by atoms with Crippen molar-refractivity contribution in [3.05, 3.63) is 60.0 Å². The van der Waals surface area contributed by atoms with Gasteiger partial charge in [0.05, 0.1) is 30.1 Å². The van der Waals surface area contributed by atoms with E-state index in [-0.39, 0.29) is 17.1 Å². The Morgan fingerprint density at radius 1 is 1.12 bits per heavy atom. The Morgan fingerprint density at radius 2 is 1.84 bits per heavy atom. The van der Waals surface area contributed by atoms with Crippen LogP contribution >= 0.6 is 0 Å². The lowest BCUT2D eigenvalue weighted by Gasteiger charge is -2.09. The highest BCUT2D eigenvalue weighted by molar-refractivity contribution is 5.95. The summed E-state index contributed by atoms with van der Waals surface area (Å²) in [6, 6.07) is 7.53. The van der Waals surface area contributed by atoms with Gasteiger partial charge in [0, 0.05) is 5.56 Å². The minimum absolute atomic E-state index is 0.106. The molecule has 0 N–H and O–H groups in total. The minimum Gasteiger partial charge on any atom is -0.465 e. The first-order valence-corrected chi connectivity index (χ1v) is 7.07. The summed E-state index contributed by atoms with van der Waals surface area (Å²) in [5, 5.41) is 0. The molecular formula is C17H11F3N2O3. The number of hydrogen-bond acceptors (Lipinski definition) is 5. The van der Waals surface area contributed by atoms with Gasteiger partial charge in [-0.1, -0.05) is 12.1 Å². The maximum atomic E-state index is 12.7. The number of pyridine rings is 1. The van der Waals surface area contributed by atoms with E-state index in [0.29, 0.717) is 11.3 Å². The number of esters is 1. The monoisotopic (exact) mass is 348 g/mol. The maximum Gasteiger partial charge on any atom is 0.416 e. The fourth-order valence-electron chi connectivity index (χ4n) is 2.23. The average Bonchev–Trinajstić information content (AvgIpc) is 3.14. The maximum absolute atomic E-state index is 12.7. The number of hydrogen-bond donors (Lipinski definition) is 0. The number of aromatic nitrogens is 2. The van der Waals surface area contributed by atoms with Gasteiger partial charge in [-0.25, -0.2) is 14.8 Å².